The van der Waals surface area contributed by atoms with Gasteiger partial charge in [-0.25, -0.2) is 0 Å². The van der Waals surface area contributed by atoms with E-state index in [0.29, 0.717) is 0 Å². The van der Waals surface area contributed by atoms with E-state index in [-0.39, 0.29) is 22.7 Å². The van der Waals surface area contributed by atoms with Crippen LogP contribution in [-0.2, 0) is 10.2 Å². The normalized spacial score (nSPS) is 28.7. The number of rotatable bonds is 3. The lowest BCUT2D eigenvalue weighted by Gasteiger charge is -2.29. The van der Waals surface area contributed by atoms with Crippen LogP contribution in [0.5, 0.6) is 0 Å². The van der Waals surface area contributed by atoms with Gasteiger partial charge in [-0.2, -0.15) is 0 Å². The monoisotopic (exact) mass is 277 g/mol. The predicted molar refractivity (Wildman–Crippen MR) is 77.4 cm³/mol. The highest BCUT2D eigenvalue weighted by atomic mass is 35.5. The zero-order valence-corrected chi connectivity index (χ0v) is 11.8. The largest absolute Gasteiger partial charge is 0.351 e. The molecule has 2 saturated carbocycles. The number of amides is 1. The second-order valence-electron chi connectivity index (χ2n) is 5.83. The van der Waals surface area contributed by atoms with Crippen molar-refractivity contribution in [2.75, 3.05) is 0 Å². The first-order valence-electron chi connectivity index (χ1n) is 7.23. The van der Waals surface area contributed by atoms with Crippen LogP contribution in [0.1, 0.15) is 44.1 Å². The third kappa shape index (κ3) is 2.51. The maximum absolute atomic E-state index is 12.6. The van der Waals surface area contributed by atoms with Crippen molar-refractivity contribution >= 4 is 17.5 Å². The van der Waals surface area contributed by atoms with Crippen LogP contribution in [-0.4, -0.2) is 17.3 Å². The van der Waals surface area contributed by atoms with Gasteiger partial charge in [0.1, 0.15) is 0 Å². The lowest BCUT2D eigenvalue weighted by molar-refractivity contribution is -0.124. The van der Waals surface area contributed by atoms with Gasteiger partial charge in [0, 0.05) is 6.04 Å². The third-order valence-electron chi connectivity index (χ3n) is 4.51. The van der Waals surface area contributed by atoms with Gasteiger partial charge in [0.15, 0.2) is 0 Å². The second kappa shape index (κ2) is 5.16. The van der Waals surface area contributed by atoms with Crippen LogP contribution in [0.4, 0.5) is 0 Å². The summed E-state index contributed by atoms with van der Waals surface area (Å²) in [5, 5.41) is 3.30. The third-order valence-corrected chi connectivity index (χ3v) is 5.03. The van der Waals surface area contributed by atoms with Crippen LogP contribution in [0, 0.1) is 0 Å². The summed E-state index contributed by atoms with van der Waals surface area (Å²) in [5.41, 5.74) is 0.879. The maximum Gasteiger partial charge on any atom is 0.230 e. The summed E-state index contributed by atoms with van der Waals surface area (Å²) < 4.78 is 0. The van der Waals surface area contributed by atoms with E-state index >= 15 is 0 Å². The van der Waals surface area contributed by atoms with Crippen molar-refractivity contribution in [1.29, 1.82) is 0 Å². The van der Waals surface area contributed by atoms with Crippen molar-refractivity contribution in [3.63, 3.8) is 0 Å². The molecule has 0 aromatic heterocycles. The Morgan fingerprint density at radius 1 is 1.16 bits per heavy atom. The van der Waals surface area contributed by atoms with Crippen LogP contribution in [0.15, 0.2) is 30.3 Å². The minimum atomic E-state index is -0.269. The average molecular weight is 278 g/mol. The smallest absolute Gasteiger partial charge is 0.230 e. The fourth-order valence-corrected chi connectivity index (χ4v) is 3.43. The Hall–Kier alpha value is -1.02. The van der Waals surface area contributed by atoms with Crippen molar-refractivity contribution < 1.29 is 4.79 Å². The number of halogens is 1. The standard InChI is InChI=1S/C16H20ClNO/c17-13-8-4-5-9-14(13)18-15(19)16(10-11-16)12-6-2-1-3-7-12/h1-3,6-7,13-14H,4-5,8-11H2,(H,18,19). The van der Waals surface area contributed by atoms with E-state index in [1.165, 1.54) is 12.8 Å². The molecular weight excluding hydrogens is 258 g/mol. The highest BCUT2D eigenvalue weighted by molar-refractivity contribution is 6.21. The number of hydrogen-bond acceptors (Lipinski definition) is 1. The van der Waals surface area contributed by atoms with Crippen LogP contribution >= 0.6 is 11.6 Å². The van der Waals surface area contributed by atoms with E-state index in [1.54, 1.807) is 0 Å². The molecule has 102 valence electrons. The van der Waals surface area contributed by atoms with E-state index in [1.807, 2.05) is 18.2 Å². The van der Waals surface area contributed by atoms with Crippen molar-refractivity contribution in [3.05, 3.63) is 35.9 Å². The molecule has 0 spiro atoms. The molecule has 1 aromatic carbocycles. The van der Waals surface area contributed by atoms with Gasteiger partial charge in [-0.3, -0.25) is 4.79 Å². The van der Waals surface area contributed by atoms with Crippen LogP contribution in [0.25, 0.3) is 0 Å². The van der Waals surface area contributed by atoms with Crippen molar-refractivity contribution in [1.82, 2.24) is 5.32 Å². The molecule has 2 aliphatic rings. The summed E-state index contributed by atoms with van der Waals surface area (Å²) in [7, 11) is 0. The molecule has 0 heterocycles. The molecule has 2 fully saturated rings. The molecule has 2 atom stereocenters. The molecular formula is C16H20ClNO. The van der Waals surface area contributed by atoms with E-state index in [4.69, 9.17) is 11.6 Å². The summed E-state index contributed by atoms with van der Waals surface area (Å²) in [6.45, 7) is 0. The number of nitrogens with one attached hydrogen (secondary N) is 1. The maximum atomic E-state index is 12.6. The van der Waals surface area contributed by atoms with Gasteiger partial charge in [0.25, 0.3) is 0 Å². The summed E-state index contributed by atoms with van der Waals surface area (Å²) >= 11 is 6.33. The summed E-state index contributed by atoms with van der Waals surface area (Å²) in [6.07, 6.45) is 6.32. The van der Waals surface area contributed by atoms with Crippen molar-refractivity contribution in [2.24, 2.45) is 0 Å². The summed E-state index contributed by atoms with van der Waals surface area (Å²) in [6, 6.07) is 10.3. The highest BCUT2D eigenvalue weighted by Gasteiger charge is 2.51. The fourth-order valence-electron chi connectivity index (χ4n) is 3.08. The molecule has 0 aliphatic heterocycles. The Labute approximate surface area is 119 Å². The molecule has 3 heteroatoms. The molecule has 1 aromatic rings. The van der Waals surface area contributed by atoms with Gasteiger partial charge in [-0.15, -0.1) is 11.6 Å². The average Bonchev–Trinajstić information content (AvgIpc) is 3.24. The van der Waals surface area contributed by atoms with Crippen LogP contribution < -0.4 is 5.32 Å². The van der Waals surface area contributed by atoms with Crippen LogP contribution in [0.3, 0.4) is 0 Å². The van der Waals surface area contributed by atoms with Gasteiger partial charge in [-0.1, -0.05) is 43.2 Å². The zero-order chi connectivity index (χ0) is 13.3. The van der Waals surface area contributed by atoms with Gasteiger partial charge in [0.05, 0.1) is 10.8 Å². The minimum absolute atomic E-state index is 0.101. The van der Waals surface area contributed by atoms with Crippen molar-refractivity contribution in [3.8, 4) is 0 Å². The molecule has 2 unspecified atom stereocenters. The molecule has 1 N–H and O–H groups in total. The van der Waals surface area contributed by atoms with Gasteiger partial charge in [-0.05, 0) is 31.2 Å². The first-order chi connectivity index (χ1) is 9.22. The minimum Gasteiger partial charge on any atom is -0.351 e. The zero-order valence-electron chi connectivity index (χ0n) is 11.1. The van der Waals surface area contributed by atoms with Gasteiger partial charge in [0.2, 0.25) is 5.91 Å². The van der Waals surface area contributed by atoms with E-state index in [9.17, 15) is 4.79 Å². The Balaban J connectivity index is 1.70. The molecule has 0 saturated heterocycles. The van der Waals surface area contributed by atoms with E-state index in [0.717, 1.165) is 31.2 Å². The first kappa shape index (κ1) is 13.0. The number of carbonyl (C=O) groups excluding carboxylic acids is 1. The molecule has 0 bridgehead atoms. The molecule has 19 heavy (non-hydrogen) atoms. The Morgan fingerprint density at radius 3 is 2.47 bits per heavy atom. The Morgan fingerprint density at radius 2 is 1.84 bits per heavy atom. The fraction of sp³-hybridized carbons (Fsp3) is 0.562. The SMILES string of the molecule is O=C(NC1CCCCC1Cl)C1(c2ccccc2)CC1. The first-order valence-corrected chi connectivity index (χ1v) is 7.67. The Kier molecular flexibility index (Phi) is 3.53. The van der Waals surface area contributed by atoms with Crippen molar-refractivity contribution in [2.45, 2.75) is 55.4 Å². The predicted octanol–water partition coefficient (Wildman–Crippen LogP) is 3.38. The Bertz CT molecular complexity index is 455. The van der Waals surface area contributed by atoms with Gasteiger partial charge < -0.3 is 5.32 Å². The quantitative estimate of drug-likeness (QED) is 0.843. The topological polar surface area (TPSA) is 29.1 Å². The lowest BCUT2D eigenvalue weighted by atomic mass is 9.91. The van der Waals surface area contributed by atoms with E-state index < -0.39 is 0 Å². The number of hydrogen-bond donors (Lipinski definition) is 1. The molecule has 1 amide bonds. The highest BCUT2D eigenvalue weighted by Crippen LogP contribution is 2.48. The number of benzene rings is 1. The number of alkyl halides is 1. The number of carbonyl (C=O) groups is 1. The molecule has 3 rings (SSSR count). The van der Waals surface area contributed by atoms with Crippen LogP contribution in [0.2, 0.25) is 0 Å². The molecule has 2 aliphatic carbocycles. The molecule has 2 nitrogen and oxygen atoms in total. The lowest BCUT2D eigenvalue weighted by Crippen LogP contribution is -2.47. The summed E-state index contributed by atoms with van der Waals surface area (Å²) in [5.74, 6) is 0.177. The van der Waals surface area contributed by atoms with Gasteiger partial charge >= 0.3 is 0 Å². The second-order valence-corrected chi connectivity index (χ2v) is 6.39. The summed E-state index contributed by atoms with van der Waals surface area (Å²) in [4.78, 5) is 12.6. The van der Waals surface area contributed by atoms with E-state index in [2.05, 4.69) is 17.4 Å². The molecule has 0 radical (unpaired) electrons.